The fourth-order valence-corrected chi connectivity index (χ4v) is 3.27. The zero-order valence-electron chi connectivity index (χ0n) is 15.0. The number of halogens is 1. The van der Waals surface area contributed by atoms with Crippen molar-refractivity contribution in [3.8, 4) is 17.2 Å². The van der Waals surface area contributed by atoms with E-state index in [9.17, 15) is 9.18 Å². The normalized spacial score (nSPS) is 16.8. The first kappa shape index (κ1) is 17.2. The topological polar surface area (TPSA) is 68.5 Å². The SMILES string of the molecule is COc1ccc(C)cc1N1CC(c2noc(-c3ccccc3F)n2)CC1=O. The first-order chi connectivity index (χ1) is 13.1. The van der Waals surface area contributed by atoms with Gasteiger partial charge in [-0.05, 0) is 36.8 Å². The highest BCUT2D eigenvalue weighted by molar-refractivity contribution is 5.97. The van der Waals surface area contributed by atoms with E-state index in [4.69, 9.17) is 9.26 Å². The second-order valence-corrected chi connectivity index (χ2v) is 6.52. The van der Waals surface area contributed by atoms with Crippen LogP contribution in [0.1, 0.15) is 23.7 Å². The lowest BCUT2D eigenvalue weighted by Crippen LogP contribution is -2.25. The molecule has 2 aromatic carbocycles. The van der Waals surface area contributed by atoms with Crippen LogP contribution in [0, 0.1) is 12.7 Å². The number of hydrogen-bond donors (Lipinski definition) is 0. The molecule has 1 saturated heterocycles. The van der Waals surface area contributed by atoms with E-state index in [2.05, 4.69) is 10.1 Å². The van der Waals surface area contributed by atoms with Crippen molar-refractivity contribution in [3.05, 3.63) is 59.7 Å². The molecule has 1 aromatic heterocycles. The van der Waals surface area contributed by atoms with Crippen LogP contribution in [-0.4, -0.2) is 29.7 Å². The third-order valence-corrected chi connectivity index (χ3v) is 4.66. The van der Waals surface area contributed by atoms with Gasteiger partial charge in [0.15, 0.2) is 5.82 Å². The summed E-state index contributed by atoms with van der Waals surface area (Å²) in [4.78, 5) is 18.6. The Labute approximate surface area is 155 Å². The van der Waals surface area contributed by atoms with Gasteiger partial charge in [-0.1, -0.05) is 23.4 Å². The van der Waals surface area contributed by atoms with Gasteiger partial charge in [0.1, 0.15) is 11.6 Å². The molecule has 1 unspecified atom stereocenters. The van der Waals surface area contributed by atoms with E-state index in [0.29, 0.717) is 18.1 Å². The number of benzene rings is 2. The third-order valence-electron chi connectivity index (χ3n) is 4.66. The van der Waals surface area contributed by atoms with Crippen molar-refractivity contribution < 1.29 is 18.4 Å². The van der Waals surface area contributed by atoms with Crippen molar-refractivity contribution in [2.45, 2.75) is 19.3 Å². The predicted molar refractivity (Wildman–Crippen MR) is 97.1 cm³/mol. The van der Waals surface area contributed by atoms with Crippen LogP contribution in [0.5, 0.6) is 5.75 Å². The molecule has 0 bridgehead atoms. The van der Waals surface area contributed by atoms with Crippen molar-refractivity contribution in [2.24, 2.45) is 0 Å². The zero-order valence-corrected chi connectivity index (χ0v) is 15.0. The molecule has 3 aromatic rings. The Hall–Kier alpha value is -3.22. The number of methoxy groups -OCH3 is 1. The van der Waals surface area contributed by atoms with E-state index in [1.165, 1.54) is 6.07 Å². The molecule has 6 nitrogen and oxygen atoms in total. The molecule has 0 saturated carbocycles. The molecule has 1 aliphatic heterocycles. The summed E-state index contributed by atoms with van der Waals surface area (Å²) in [5.74, 6) is 0.446. The standard InChI is InChI=1S/C20H18FN3O3/c1-12-7-8-17(26-2)16(9-12)24-11-13(10-18(24)25)19-22-20(27-23-19)14-5-3-4-6-15(14)21/h3-9,13H,10-11H2,1-2H3. The van der Waals surface area contributed by atoms with Crippen LogP contribution in [0.2, 0.25) is 0 Å². The molecule has 0 aliphatic carbocycles. The molecule has 1 amide bonds. The van der Waals surface area contributed by atoms with Gasteiger partial charge in [-0.25, -0.2) is 4.39 Å². The number of carbonyl (C=O) groups is 1. The smallest absolute Gasteiger partial charge is 0.260 e. The van der Waals surface area contributed by atoms with E-state index in [-0.39, 0.29) is 29.7 Å². The van der Waals surface area contributed by atoms with Gasteiger partial charge in [-0.3, -0.25) is 4.79 Å². The quantitative estimate of drug-likeness (QED) is 0.703. The maximum absolute atomic E-state index is 13.9. The number of anilines is 1. The molecule has 138 valence electrons. The van der Waals surface area contributed by atoms with Gasteiger partial charge in [0, 0.05) is 18.9 Å². The third kappa shape index (κ3) is 3.16. The summed E-state index contributed by atoms with van der Waals surface area (Å²) in [6, 6.07) is 11.9. The van der Waals surface area contributed by atoms with Crippen LogP contribution in [-0.2, 0) is 4.79 Å². The summed E-state index contributed by atoms with van der Waals surface area (Å²) < 4.78 is 24.5. The van der Waals surface area contributed by atoms with Crippen LogP contribution in [0.4, 0.5) is 10.1 Å². The largest absolute Gasteiger partial charge is 0.495 e. The van der Waals surface area contributed by atoms with E-state index >= 15 is 0 Å². The van der Waals surface area contributed by atoms with Gasteiger partial charge >= 0.3 is 0 Å². The van der Waals surface area contributed by atoms with Crippen molar-refractivity contribution in [2.75, 3.05) is 18.6 Å². The van der Waals surface area contributed by atoms with Crippen molar-refractivity contribution in [1.29, 1.82) is 0 Å². The summed E-state index contributed by atoms with van der Waals surface area (Å²) in [6.45, 7) is 2.37. The second-order valence-electron chi connectivity index (χ2n) is 6.52. The monoisotopic (exact) mass is 367 g/mol. The average Bonchev–Trinajstić information content (AvgIpc) is 3.29. The highest BCUT2D eigenvalue weighted by Gasteiger charge is 2.36. The Kier molecular flexibility index (Phi) is 4.35. The molecule has 1 atom stereocenters. The lowest BCUT2D eigenvalue weighted by atomic mass is 10.1. The maximum atomic E-state index is 13.9. The van der Waals surface area contributed by atoms with Crippen molar-refractivity contribution in [3.63, 3.8) is 0 Å². The minimum absolute atomic E-state index is 0.0406. The lowest BCUT2D eigenvalue weighted by Gasteiger charge is -2.19. The molecule has 4 rings (SSSR count). The minimum Gasteiger partial charge on any atom is -0.495 e. The van der Waals surface area contributed by atoms with Gasteiger partial charge in [0.25, 0.3) is 5.89 Å². The number of hydrogen-bond acceptors (Lipinski definition) is 5. The predicted octanol–water partition coefficient (Wildman–Crippen LogP) is 3.71. The highest BCUT2D eigenvalue weighted by Crippen LogP contribution is 2.36. The molecular weight excluding hydrogens is 349 g/mol. The van der Waals surface area contributed by atoms with Gasteiger partial charge in [-0.15, -0.1) is 0 Å². The van der Waals surface area contributed by atoms with Crippen LogP contribution >= 0.6 is 0 Å². The highest BCUT2D eigenvalue weighted by atomic mass is 19.1. The number of aromatic nitrogens is 2. The molecule has 7 heteroatoms. The summed E-state index contributed by atoms with van der Waals surface area (Å²) >= 11 is 0. The molecule has 0 radical (unpaired) electrons. The molecule has 0 N–H and O–H groups in total. The van der Waals surface area contributed by atoms with Crippen LogP contribution in [0.15, 0.2) is 47.0 Å². The number of rotatable bonds is 4. The summed E-state index contributed by atoms with van der Waals surface area (Å²) in [5.41, 5.74) is 2.00. The van der Waals surface area contributed by atoms with Gasteiger partial charge < -0.3 is 14.2 Å². The first-order valence-electron chi connectivity index (χ1n) is 8.60. The second kappa shape index (κ2) is 6.83. The average molecular weight is 367 g/mol. The van der Waals surface area contributed by atoms with Gasteiger partial charge in [-0.2, -0.15) is 4.98 Å². The Morgan fingerprint density at radius 1 is 1.26 bits per heavy atom. The number of nitrogens with zero attached hydrogens (tertiary/aromatic N) is 3. The van der Waals surface area contributed by atoms with Crippen LogP contribution < -0.4 is 9.64 Å². The first-order valence-corrected chi connectivity index (χ1v) is 8.60. The zero-order chi connectivity index (χ0) is 19.0. The number of carbonyl (C=O) groups excluding carboxylic acids is 1. The molecule has 0 spiro atoms. The summed E-state index contributed by atoms with van der Waals surface area (Å²) in [7, 11) is 1.58. The minimum atomic E-state index is -0.429. The van der Waals surface area contributed by atoms with Crippen molar-refractivity contribution >= 4 is 11.6 Å². The summed E-state index contributed by atoms with van der Waals surface area (Å²) in [6.07, 6.45) is 0.257. The molecule has 2 heterocycles. The van der Waals surface area contributed by atoms with Gasteiger partial charge in [0.05, 0.1) is 18.4 Å². The lowest BCUT2D eigenvalue weighted by molar-refractivity contribution is -0.117. The fourth-order valence-electron chi connectivity index (χ4n) is 3.27. The number of aryl methyl sites for hydroxylation is 1. The van der Waals surface area contributed by atoms with Crippen molar-refractivity contribution in [1.82, 2.24) is 10.1 Å². The molecular formula is C20H18FN3O3. The number of amides is 1. The van der Waals surface area contributed by atoms with Crippen LogP contribution in [0.3, 0.4) is 0 Å². The van der Waals surface area contributed by atoms with E-state index in [1.54, 1.807) is 30.2 Å². The van der Waals surface area contributed by atoms with E-state index in [1.807, 2.05) is 25.1 Å². The number of ether oxygens (including phenoxy) is 1. The van der Waals surface area contributed by atoms with E-state index in [0.717, 1.165) is 11.3 Å². The Morgan fingerprint density at radius 3 is 2.85 bits per heavy atom. The Bertz CT molecular complexity index is 1000. The maximum Gasteiger partial charge on any atom is 0.260 e. The van der Waals surface area contributed by atoms with Crippen LogP contribution in [0.25, 0.3) is 11.5 Å². The molecule has 27 heavy (non-hydrogen) atoms. The Morgan fingerprint density at radius 2 is 2.07 bits per heavy atom. The van der Waals surface area contributed by atoms with E-state index < -0.39 is 5.82 Å². The Balaban J connectivity index is 1.60. The van der Waals surface area contributed by atoms with Gasteiger partial charge in [0.2, 0.25) is 5.91 Å². The molecule has 1 fully saturated rings. The fraction of sp³-hybridized carbons (Fsp3) is 0.250. The summed E-state index contributed by atoms with van der Waals surface area (Å²) in [5, 5.41) is 3.98. The molecule has 1 aliphatic rings.